The van der Waals surface area contributed by atoms with Crippen molar-refractivity contribution in [3.63, 3.8) is 0 Å². The number of hydrogen-bond acceptors (Lipinski definition) is 4. The first-order valence-corrected chi connectivity index (χ1v) is 11.1. The third kappa shape index (κ3) is 5.99. The summed E-state index contributed by atoms with van der Waals surface area (Å²) < 4.78 is 11.7. The van der Waals surface area contributed by atoms with E-state index in [0.29, 0.717) is 21.6 Å². The predicted octanol–water partition coefficient (Wildman–Crippen LogP) is 7.37. The summed E-state index contributed by atoms with van der Waals surface area (Å²) in [5.41, 5.74) is 2.88. The summed E-state index contributed by atoms with van der Waals surface area (Å²) in [4.78, 5) is 8.91. The van der Waals surface area contributed by atoms with Gasteiger partial charge in [0.15, 0.2) is 0 Å². The van der Waals surface area contributed by atoms with E-state index in [1.54, 1.807) is 12.3 Å². The molecule has 2 aromatic rings. The topological polar surface area (TPSA) is 43.7 Å². The average molecular weight is 447 g/mol. The minimum Gasteiger partial charge on any atom is -0.490 e. The highest BCUT2D eigenvalue weighted by molar-refractivity contribution is 6.33. The Labute approximate surface area is 188 Å². The SMILES string of the molecule is C=C(N=C(C)c1cnc(OC(C)C)c(Cl)c1)c1ccc(OC2CCCCC2)cc1Cl. The lowest BCUT2D eigenvalue weighted by Crippen LogP contribution is -2.19. The van der Waals surface area contributed by atoms with Gasteiger partial charge in [0.25, 0.3) is 0 Å². The van der Waals surface area contributed by atoms with Gasteiger partial charge in [0.1, 0.15) is 10.8 Å². The molecular weight excluding hydrogens is 419 g/mol. The summed E-state index contributed by atoms with van der Waals surface area (Å²) in [5, 5.41) is 1.02. The molecule has 1 aromatic carbocycles. The Kier molecular flexibility index (Phi) is 7.79. The maximum atomic E-state index is 6.51. The van der Waals surface area contributed by atoms with E-state index in [1.165, 1.54) is 19.3 Å². The zero-order chi connectivity index (χ0) is 21.7. The number of halogens is 2. The summed E-state index contributed by atoms with van der Waals surface area (Å²) in [6.45, 7) is 9.83. The van der Waals surface area contributed by atoms with Gasteiger partial charge < -0.3 is 9.47 Å². The minimum absolute atomic E-state index is 0.00241. The molecule has 3 rings (SSSR count). The van der Waals surface area contributed by atoms with Crippen LogP contribution in [0.4, 0.5) is 0 Å². The van der Waals surface area contributed by atoms with Gasteiger partial charge in [0.05, 0.1) is 22.9 Å². The second-order valence-corrected chi connectivity index (χ2v) is 8.66. The number of aliphatic imine (C=N–C) groups is 1. The molecule has 160 valence electrons. The lowest BCUT2D eigenvalue weighted by molar-refractivity contribution is 0.155. The fourth-order valence-electron chi connectivity index (χ4n) is 3.44. The molecule has 0 spiro atoms. The molecule has 1 aromatic heterocycles. The van der Waals surface area contributed by atoms with Crippen LogP contribution in [0.5, 0.6) is 11.6 Å². The van der Waals surface area contributed by atoms with Crippen molar-refractivity contribution in [2.45, 2.75) is 65.1 Å². The van der Waals surface area contributed by atoms with Crippen molar-refractivity contribution in [2.75, 3.05) is 0 Å². The van der Waals surface area contributed by atoms with Crippen LogP contribution in [-0.2, 0) is 0 Å². The second kappa shape index (κ2) is 10.3. The standard InChI is InChI=1S/C24H28Cl2N2O2/c1-15(2)29-24-23(26)12-18(14-27-24)16(3)28-17(4)21-11-10-20(13-22(21)25)30-19-8-6-5-7-9-19/h10-15,19H,4-9H2,1-3H3. The number of rotatable bonds is 7. The number of nitrogens with zero attached hydrogens (tertiary/aromatic N) is 2. The maximum Gasteiger partial charge on any atom is 0.232 e. The molecule has 0 aliphatic heterocycles. The Bertz CT molecular complexity index is 935. The molecule has 1 heterocycles. The van der Waals surface area contributed by atoms with Crippen LogP contribution >= 0.6 is 23.2 Å². The third-order valence-electron chi connectivity index (χ3n) is 4.98. The predicted molar refractivity (Wildman–Crippen MR) is 125 cm³/mol. The van der Waals surface area contributed by atoms with E-state index >= 15 is 0 Å². The number of ether oxygens (including phenoxy) is 2. The molecule has 0 saturated heterocycles. The van der Waals surface area contributed by atoms with Gasteiger partial charge >= 0.3 is 0 Å². The number of benzene rings is 1. The lowest BCUT2D eigenvalue weighted by atomic mass is 9.98. The van der Waals surface area contributed by atoms with Gasteiger partial charge in [-0.1, -0.05) is 36.2 Å². The van der Waals surface area contributed by atoms with Gasteiger partial charge in [0, 0.05) is 23.0 Å². The van der Waals surface area contributed by atoms with Crippen LogP contribution in [-0.4, -0.2) is 22.9 Å². The maximum absolute atomic E-state index is 6.51. The van der Waals surface area contributed by atoms with E-state index in [2.05, 4.69) is 16.6 Å². The van der Waals surface area contributed by atoms with Crippen molar-refractivity contribution in [3.8, 4) is 11.6 Å². The van der Waals surface area contributed by atoms with Crippen LogP contribution in [0.15, 0.2) is 42.0 Å². The van der Waals surface area contributed by atoms with Gasteiger partial charge in [-0.3, -0.25) is 4.99 Å². The summed E-state index contributed by atoms with van der Waals surface area (Å²) in [5.74, 6) is 1.21. The van der Waals surface area contributed by atoms with Crippen LogP contribution in [0.2, 0.25) is 10.0 Å². The van der Waals surface area contributed by atoms with Crippen molar-refractivity contribution in [1.82, 2.24) is 4.98 Å². The highest BCUT2D eigenvalue weighted by Gasteiger charge is 2.16. The van der Waals surface area contributed by atoms with Crippen molar-refractivity contribution in [2.24, 2.45) is 4.99 Å². The molecule has 0 bridgehead atoms. The molecule has 1 saturated carbocycles. The minimum atomic E-state index is 0.00241. The number of hydrogen-bond donors (Lipinski definition) is 0. The molecule has 0 amide bonds. The molecule has 1 aliphatic carbocycles. The summed E-state index contributed by atoms with van der Waals surface area (Å²) in [6.07, 6.45) is 7.94. The van der Waals surface area contributed by atoms with Crippen LogP contribution < -0.4 is 9.47 Å². The van der Waals surface area contributed by atoms with Gasteiger partial charge in [-0.15, -0.1) is 0 Å². The first-order valence-electron chi connectivity index (χ1n) is 10.4. The highest BCUT2D eigenvalue weighted by atomic mass is 35.5. The molecular formula is C24H28Cl2N2O2. The monoisotopic (exact) mass is 446 g/mol. The van der Waals surface area contributed by atoms with Crippen LogP contribution in [0.3, 0.4) is 0 Å². The second-order valence-electron chi connectivity index (χ2n) is 7.84. The molecule has 0 N–H and O–H groups in total. The Morgan fingerprint density at radius 1 is 1.13 bits per heavy atom. The van der Waals surface area contributed by atoms with Gasteiger partial charge in [-0.25, -0.2) is 4.98 Å². The van der Waals surface area contributed by atoms with Crippen molar-refractivity contribution < 1.29 is 9.47 Å². The number of pyridine rings is 1. The van der Waals surface area contributed by atoms with E-state index in [1.807, 2.05) is 39.0 Å². The summed E-state index contributed by atoms with van der Waals surface area (Å²) >= 11 is 12.8. The summed E-state index contributed by atoms with van der Waals surface area (Å²) in [6, 6.07) is 7.48. The van der Waals surface area contributed by atoms with Crippen molar-refractivity contribution in [1.29, 1.82) is 0 Å². The van der Waals surface area contributed by atoms with Crippen LogP contribution in [0.25, 0.3) is 5.70 Å². The van der Waals surface area contributed by atoms with Gasteiger partial charge in [-0.2, -0.15) is 0 Å². The van der Waals surface area contributed by atoms with Crippen molar-refractivity contribution >= 4 is 34.6 Å². The molecule has 0 atom stereocenters. The Morgan fingerprint density at radius 3 is 2.50 bits per heavy atom. The fourth-order valence-corrected chi connectivity index (χ4v) is 3.93. The van der Waals surface area contributed by atoms with Crippen LogP contribution in [0, 0.1) is 0 Å². The van der Waals surface area contributed by atoms with E-state index < -0.39 is 0 Å². The molecule has 0 unspecified atom stereocenters. The molecule has 6 heteroatoms. The first-order chi connectivity index (χ1) is 14.3. The largest absolute Gasteiger partial charge is 0.490 e. The quantitative estimate of drug-likeness (QED) is 0.416. The average Bonchev–Trinajstić information content (AvgIpc) is 2.70. The molecule has 4 nitrogen and oxygen atoms in total. The Morgan fingerprint density at radius 2 is 1.87 bits per heavy atom. The van der Waals surface area contributed by atoms with Crippen LogP contribution in [0.1, 0.15) is 64.0 Å². The molecule has 1 fully saturated rings. The zero-order valence-electron chi connectivity index (χ0n) is 17.8. The normalized spacial score (nSPS) is 15.3. The zero-order valence-corrected chi connectivity index (χ0v) is 19.3. The Hall–Kier alpha value is -2.04. The summed E-state index contributed by atoms with van der Waals surface area (Å²) in [7, 11) is 0. The van der Waals surface area contributed by atoms with E-state index in [9.17, 15) is 0 Å². The third-order valence-corrected chi connectivity index (χ3v) is 5.57. The lowest BCUT2D eigenvalue weighted by Gasteiger charge is -2.23. The smallest absolute Gasteiger partial charge is 0.232 e. The van der Waals surface area contributed by atoms with E-state index in [0.717, 1.165) is 35.4 Å². The molecule has 1 aliphatic rings. The number of aromatic nitrogens is 1. The van der Waals surface area contributed by atoms with Crippen molar-refractivity contribution in [3.05, 3.63) is 58.2 Å². The van der Waals surface area contributed by atoms with Gasteiger partial charge in [-0.05, 0) is 70.7 Å². The highest BCUT2D eigenvalue weighted by Crippen LogP contribution is 2.31. The molecule has 30 heavy (non-hydrogen) atoms. The fraction of sp³-hybridized carbons (Fsp3) is 0.417. The Balaban J connectivity index is 1.72. The molecule has 0 radical (unpaired) electrons. The first kappa shape index (κ1) is 22.6. The van der Waals surface area contributed by atoms with E-state index in [4.69, 9.17) is 32.7 Å². The van der Waals surface area contributed by atoms with E-state index in [-0.39, 0.29) is 12.2 Å². The van der Waals surface area contributed by atoms with Gasteiger partial charge in [0.2, 0.25) is 5.88 Å².